The fourth-order valence-electron chi connectivity index (χ4n) is 0.784. The van der Waals surface area contributed by atoms with E-state index in [9.17, 15) is 18.0 Å². The van der Waals surface area contributed by atoms with Crippen LogP contribution in [0.15, 0.2) is 0 Å². The molecule has 0 aliphatic heterocycles. The first-order chi connectivity index (χ1) is 7.35. The Bertz CT molecular complexity index is 211. The van der Waals surface area contributed by atoms with Gasteiger partial charge in [-0.3, -0.25) is 4.79 Å². The minimum absolute atomic E-state index is 0.0783. The van der Waals surface area contributed by atoms with Crippen molar-refractivity contribution in [1.29, 1.82) is 0 Å². The monoisotopic (exact) mass is 261 g/mol. The lowest BCUT2D eigenvalue weighted by molar-refractivity contribution is -0.174. The second kappa shape index (κ2) is 7.73. The summed E-state index contributed by atoms with van der Waals surface area (Å²) in [7, 11) is 0. The maximum atomic E-state index is 11.6. The molecular weight excluding hydrogens is 247 g/mol. The zero-order chi connectivity index (χ0) is 12.6. The highest BCUT2D eigenvalue weighted by Crippen LogP contribution is 2.14. The van der Waals surface area contributed by atoms with E-state index in [2.05, 4.69) is 10.1 Å². The van der Waals surface area contributed by atoms with Gasteiger partial charge in [0, 0.05) is 18.8 Å². The maximum Gasteiger partial charge on any atom is 0.411 e. The molecule has 1 atom stereocenters. The van der Waals surface area contributed by atoms with Gasteiger partial charge in [0.2, 0.25) is 5.91 Å². The normalized spacial score (nSPS) is 13.6. The molecule has 0 rings (SSSR count). The van der Waals surface area contributed by atoms with E-state index in [1.165, 1.54) is 0 Å². The molecule has 0 saturated heterocycles. The van der Waals surface area contributed by atoms with Gasteiger partial charge in [-0.15, -0.1) is 11.6 Å². The van der Waals surface area contributed by atoms with Gasteiger partial charge < -0.3 is 10.1 Å². The fraction of sp³-hybridized carbons (Fsp3) is 0.889. The smallest absolute Gasteiger partial charge is 0.372 e. The van der Waals surface area contributed by atoms with Crippen LogP contribution in [-0.4, -0.2) is 37.7 Å². The van der Waals surface area contributed by atoms with Crippen LogP contribution in [0.1, 0.15) is 13.3 Å². The molecule has 0 saturated carbocycles. The quantitative estimate of drug-likeness (QED) is 0.562. The Morgan fingerprint density at radius 1 is 1.50 bits per heavy atom. The maximum absolute atomic E-state index is 11.6. The average Bonchev–Trinajstić information content (AvgIpc) is 2.19. The first-order valence-corrected chi connectivity index (χ1v) is 5.35. The number of ether oxygens (including phenoxy) is 1. The van der Waals surface area contributed by atoms with Crippen LogP contribution in [0.4, 0.5) is 13.2 Å². The first kappa shape index (κ1) is 15.5. The molecule has 16 heavy (non-hydrogen) atoms. The number of rotatable bonds is 7. The molecular formula is C9H15ClF3NO2. The van der Waals surface area contributed by atoms with Crippen molar-refractivity contribution in [3.63, 3.8) is 0 Å². The lowest BCUT2D eigenvalue weighted by Crippen LogP contribution is -2.30. The van der Waals surface area contributed by atoms with Crippen molar-refractivity contribution in [3.05, 3.63) is 0 Å². The minimum Gasteiger partial charge on any atom is -0.372 e. The van der Waals surface area contributed by atoms with Gasteiger partial charge in [-0.25, -0.2) is 0 Å². The third-order valence-electron chi connectivity index (χ3n) is 1.65. The fourth-order valence-corrected chi connectivity index (χ4v) is 0.893. The summed E-state index contributed by atoms with van der Waals surface area (Å²) < 4.78 is 39.2. The van der Waals surface area contributed by atoms with Crippen LogP contribution in [0.5, 0.6) is 0 Å². The molecule has 0 aromatic rings. The largest absolute Gasteiger partial charge is 0.411 e. The lowest BCUT2D eigenvalue weighted by atomic mass is 10.2. The molecule has 1 N–H and O–H groups in total. The van der Waals surface area contributed by atoms with Crippen LogP contribution in [0, 0.1) is 5.92 Å². The van der Waals surface area contributed by atoms with E-state index in [1.54, 1.807) is 0 Å². The lowest BCUT2D eigenvalue weighted by Gasteiger charge is -2.10. The molecule has 1 unspecified atom stereocenters. The highest BCUT2D eigenvalue weighted by atomic mass is 35.5. The Kier molecular flexibility index (Phi) is 7.49. The van der Waals surface area contributed by atoms with Crippen molar-refractivity contribution < 1.29 is 22.7 Å². The highest BCUT2D eigenvalue weighted by molar-refractivity contribution is 6.18. The van der Waals surface area contributed by atoms with E-state index in [1.807, 2.05) is 6.92 Å². The number of amides is 1. The van der Waals surface area contributed by atoms with E-state index in [4.69, 9.17) is 11.6 Å². The number of nitrogens with one attached hydrogen (secondary N) is 1. The molecule has 0 radical (unpaired) electrons. The second-order valence-corrected chi connectivity index (χ2v) is 3.79. The van der Waals surface area contributed by atoms with Crippen molar-refractivity contribution in [1.82, 2.24) is 5.32 Å². The summed E-state index contributed by atoms with van der Waals surface area (Å²) in [5.41, 5.74) is 0. The highest BCUT2D eigenvalue weighted by Gasteiger charge is 2.27. The van der Waals surface area contributed by atoms with Crippen molar-refractivity contribution in [2.75, 3.05) is 25.6 Å². The molecule has 0 aromatic carbocycles. The molecule has 0 aromatic heterocycles. The molecule has 0 aliphatic carbocycles. The number of carbonyl (C=O) groups excluding carboxylic acids is 1. The summed E-state index contributed by atoms with van der Waals surface area (Å²) in [5, 5.41) is 2.55. The predicted molar refractivity (Wildman–Crippen MR) is 54.4 cm³/mol. The molecule has 96 valence electrons. The van der Waals surface area contributed by atoms with Gasteiger partial charge in [0.05, 0.1) is 6.61 Å². The van der Waals surface area contributed by atoms with Gasteiger partial charge in [-0.2, -0.15) is 13.2 Å². The van der Waals surface area contributed by atoms with E-state index in [0.29, 0.717) is 12.4 Å². The van der Waals surface area contributed by atoms with Crippen molar-refractivity contribution >= 4 is 17.5 Å². The van der Waals surface area contributed by atoms with Gasteiger partial charge >= 0.3 is 6.18 Å². The molecule has 3 nitrogen and oxygen atoms in total. The summed E-state index contributed by atoms with van der Waals surface area (Å²) in [5.74, 6) is 0.228. The van der Waals surface area contributed by atoms with Crippen molar-refractivity contribution in [2.24, 2.45) is 5.92 Å². The molecule has 0 aliphatic rings. The molecule has 0 fully saturated rings. The molecule has 1 amide bonds. The SMILES string of the molecule is CC(CCl)CNC(=O)CCOCC(F)(F)F. The number of hydrogen-bond acceptors (Lipinski definition) is 2. The third kappa shape index (κ3) is 10.0. The minimum atomic E-state index is -4.34. The second-order valence-electron chi connectivity index (χ2n) is 3.48. The molecule has 7 heteroatoms. The van der Waals surface area contributed by atoms with Gasteiger partial charge in [0.15, 0.2) is 0 Å². The van der Waals surface area contributed by atoms with Crippen LogP contribution in [0.3, 0.4) is 0 Å². The van der Waals surface area contributed by atoms with Crippen LogP contribution >= 0.6 is 11.6 Å². The zero-order valence-electron chi connectivity index (χ0n) is 8.94. The van der Waals surface area contributed by atoms with Crippen molar-refractivity contribution in [3.8, 4) is 0 Å². The Morgan fingerprint density at radius 3 is 2.62 bits per heavy atom. The number of carbonyl (C=O) groups is 1. The Labute approximate surface area is 97.3 Å². The first-order valence-electron chi connectivity index (χ1n) is 4.82. The summed E-state index contributed by atoms with van der Waals surface area (Å²) in [6.45, 7) is 0.716. The third-order valence-corrected chi connectivity index (χ3v) is 2.18. The number of halogens is 4. The van der Waals surface area contributed by atoms with Gasteiger partial charge in [0.25, 0.3) is 0 Å². The van der Waals surface area contributed by atoms with Crippen molar-refractivity contribution in [2.45, 2.75) is 19.5 Å². The molecule has 0 bridgehead atoms. The number of alkyl halides is 4. The summed E-state index contributed by atoms with van der Waals surface area (Å²) in [4.78, 5) is 11.1. The average molecular weight is 262 g/mol. The Balaban J connectivity index is 3.44. The van der Waals surface area contributed by atoms with Crippen LogP contribution in [0.25, 0.3) is 0 Å². The van der Waals surface area contributed by atoms with E-state index in [-0.39, 0.29) is 24.9 Å². The Hall–Kier alpha value is -0.490. The van der Waals surface area contributed by atoms with E-state index < -0.39 is 12.8 Å². The summed E-state index contributed by atoms with van der Waals surface area (Å²) in [6.07, 6.45) is -4.42. The summed E-state index contributed by atoms with van der Waals surface area (Å²) in [6, 6.07) is 0. The topological polar surface area (TPSA) is 38.3 Å². The van der Waals surface area contributed by atoms with E-state index >= 15 is 0 Å². The van der Waals surface area contributed by atoms with Gasteiger partial charge in [0.1, 0.15) is 6.61 Å². The zero-order valence-corrected chi connectivity index (χ0v) is 9.70. The molecule has 0 spiro atoms. The van der Waals surface area contributed by atoms with Gasteiger partial charge in [-0.05, 0) is 5.92 Å². The predicted octanol–water partition coefficient (Wildman–Crippen LogP) is 1.95. The van der Waals surface area contributed by atoms with Crippen LogP contribution < -0.4 is 5.32 Å². The van der Waals surface area contributed by atoms with Gasteiger partial charge in [-0.1, -0.05) is 6.92 Å². The standard InChI is InChI=1S/C9H15ClF3NO2/c1-7(4-10)5-14-8(15)2-3-16-6-9(11,12)13/h7H,2-6H2,1H3,(H,14,15). The Morgan fingerprint density at radius 2 is 2.12 bits per heavy atom. The van der Waals surface area contributed by atoms with E-state index in [0.717, 1.165) is 0 Å². The van der Waals surface area contributed by atoms with Crippen LogP contribution in [-0.2, 0) is 9.53 Å². The summed E-state index contributed by atoms with van der Waals surface area (Å²) >= 11 is 5.51. The van der Waals surface area contributed by atoms with Crippen LogP contribution in [0.2, 0.25) is 0 Å². The molecule has 0 heterocycles. The number of hydrogen-bond donors (Lipinski definition) is 1.